The van der Waals surface area contributed by atoms with E-state index in [2.05, 4.69) is 52.3 Å². The van der Waals surface area contributed by atoms with Crippen LogP contribution in [0.2, 0.25) is 39.3 Å². The number of hydrogen-bond acceptors (Lipinski definition) is 3. The van der Waals surface area contributed by atoms with Gasteiger partial charge in [-0.2, -0.15) is 0 Å². The molecule has 0 amide bonds. The molecule has 0 spiro atoms. The molecule has 0 atom stereocenters. The highest BCUT2D eigenvalue weighted by Gasteiger charge is 2.21. The van der Waals surface area contributed by atoms with Gasteiger partial charge in [-0.05, 0) is 65.1 Å². The second-order valence-electron chi connectivity index (χ2n) is 9.20. The zero-order valence-corrected chi connectivity index (χ0v) is 21.5. The third-order valence-corrected chi connectivity index (χ3v) is 5.44. The van der Waals surface area contributed by atoms with Crippen LogP contribution < -0.4 is 0 Å². The number of ether oxygens (including phenoxy) is 1. The first-order valence-corrected chi connectivity index (χ1v) is 17.8. The zero-order valence-electron chi connectivity index (χ0n) is 19.5. The van der Waals surface area contributed by atoms with Crippen molar-refractivity contribution in [3.8, 4) is 0 Å². The fraction of sp³-hybridized carbons (Fsp3) is 0.818. The van der Waals surface area contributed by atoms with Crippen LogP contribution in [0.25, 0.3) is 0 Å². The highest BCUT2D eigenvalue weighted by atomic mass is 28.4. The Morgan fingerprint density at radius 2 is 1.22 bits per heavy atom. The van der Waals surface area contributed by atoms with Crippen molar-refractivity contribution >= 4 is 16.6 Å². The standard InChI is InChI=1S/C22H46O3Si2/c1-9-11-12-13-14-15-16-17-18-19-21(24-26(3,4)5)20-22(23-10-2)25-27(6,7)8/h19-20H,9-18H2,1-8H3/b21-19-,22-20-. The molecule has 0 heterocycles. The summed E-state index contributed by atoms with van der Waals surface area (Å²) < 4.78 is 18.1. The van der Waals surface area contributed by atoms with Gasteiger partial charge >= 0.3 is 0 Å². The monoisotopic (exact) mass is 414 g/mol. The summed E-state index contributed by atoms with van der Waals surface area (Å²) in [6.45, 7) is 18.0. The lowest BCUT2D eigenvalue weighted by Crippen LogP contribution is -2.27. The van der Waals surface area contributed by atoms with Gasteiger partial charge in [-0.1, -0.05) is 51.9 Å². The Hall–Kier alpha value is -0.686. The predicted molar refractivity (Wildman–Crippen MR) is 124 cm³/mol. The highest BCUT2D eigenvalue weighted by Crippen LogP contribution is 2.19. The first-order valence-electron chi connectivity index (χ1n) is 11.0. The molecule has 0 aromatic carbocycles. The third kappa shape index (κ3) is 18.4. The molecule has 0 aromatic heterocycles. The molecule has 5 heteroatoms. The van der Waals surface area contributed by atoms with Crippen LogP contribution in [-0.2, 0) is 13.6 Å². The number of hydrogen-bond donors (Lipinski definition) is 0. The SMILES string of the molecule is CCCCCCCCCC/C=C(/C=C(/OCC)O[Si](C)(C)C)O[Si](C)(C)C. The van der Waals surface area contributed by atoms with Gasteiger partial charge in [-0.3, -0.25) is 0 Å². The van der Waals surface area contributed by atoms with Crippen molar-refractivity contribution in [2.45, 2.75) is 111 Å². The van der Waals surface area contributed by atoms with Crippen molar-refractivity contribution in [3.05, 3.63) is 23.9 Å². The molecular formula is C22H46O3Si2. The molecule has 0 aliphatic heterocycles. The summed E-state index contributed by atoms with van der Waals surface area (Å²) in [6, 6.07) is 0. The Labute approximate surface area is 171 Å². The van der Waals surface area contributed by atoms with Crippen molar-refractivity contribution in [1.82, 2.24) is 0 Å². The fourth-order valence-electron chi connectivity index (χ4n) is 2.67. The molecule has 0 rings (SSSR count). The number of rotatable bonds is 16. The van der Waals surface area contributed by atoms with E-state index in [0.717, 1.165) is 12.2 Å². The smallest absolute Gasteiger partial charge is 0.268 e. The Morgan fingerprint density at radius 1 is 0.704 bits per heavy atom. The van der Waals surface area contributed by atoms with Crippen LogP contribution in [0.1, 0.15) is 71.6 Å². The van der Waals surface area contributed by atoms with E-state index < -0.39 is 16.6 Å². The molecule has 0 saturated heterocycles. The molecule has 0 bridgehead atoms. The molecule has 3 nitrogen and oxygen atoms in total. The zero-order chi connectivity index (χ0) is 20.8. The largest absolute Gasteiger partial charge is 0.544 e. The Balaban J connectivity index is 4.68. The molecule has 0 aromatic rings. The van der Waals surface area contributed by atoms with Crippen LogP contribution in [0.4, 0.5) is 0 Å². The van der Waals surface area contributed by atoms with E-state index in [1.165, 1.54) is 51.4 Å². The molecule has 27 heavy (non-hydrogen) atoms. The molecule has 0 aliphatic carbocycles. The second kappa shape index (κ2) is 14.3. The lowest BCUT2D eigenvalue weighted by molar-refractivity contribution is 0.111. The van der Waals surface area contributed by atoms with E-state index >= 15 is 0 Å². The van der Waals surface area contributed by atoms with Crippen molar-refractivity contribution in [2.24, 2.45) is 0 Å². The summed E-state index contributed by atoms with van der Waals surface area (Å²) in [6.07, 6.45) is 16.0. The average molecular weight is 415 g/mol. The highest BCUT2D eigenvalue weighted by molar-refractivity contribution is 6.70. The Bertz CT molecular complexity index is 432. The van der Waals surface area contributed by atoms with Crippen LogP contribution in [-0.4, -0.2) is 23.2 Å². The van der Waals surface area contributed by atoms with Gasteiger partial charge in [0.1, 0.15) is 5.76 Å². The summed E-state index contributed by atoms with van der Waals surface area (Å²) in [5.41, 5.74) is 0. The van der Waals surface area contributed by atoms with E-state index in [1.807, 2.05) is 13.0 Å². The maximum absolute atomic E-state index is 6.28. The maximum atomic E-state index is 6.28. The third-order valence-electron chi connectivity index (χ3n) is 3.78. The van der Waals surface area contributed by atoms with Crippen molar-refractivity contribution in [1.29, 1.82) is 0 Å². The summed E-state index contributed by atoms with van der Waals surface area (Å²) >= 11 is 0. The van der Waals surface area contributed by atoms with Crippen LogP contribution in [0.15, 0.2) is 23.9 Å². The maximum Gasteiger partial charge on any atom is 0.268 e. The average Bonchev–Trinajstić information content (AvgIpc) is 2.50. The van der Waals surface area contributed by atoms with Crippen LogP contribution in [0.5, 0.6) is 0 Å². The van der Waals surface area contributed by atoms with Gasteiger partial charge in [-0.15, -0.1) is 0 Å². The molecular weight excluding hydrogens is 368 g/mol. The van der Waals surface area contributed by atoms with Gasteiger partial charge in [0.15, 0.2) is 0 Å². The number of unbranched alkanes of at least 4 members (excludes halogenated alkanes) is 8. The van der Waals surface area contributed by atoms with Gasteiger partial charge < -0.3 is 13.6 Å². The summed E-state index contributed by atoms with van der Waals surface area (Å²) in [5.74, 6) is 1.52. The minimum atomic E-state index is -1.71. The van der Waals surface area contributed by atoms with Crippen molar-refractivity contribution in [3.63, 3.8) is 0 Å². The van der Waals surface area contributed by atoms with Gasteiger partial charge in [0.05, 0.1) is 12.7 Å². The predicted octanol–water partition coefficient (Wildman–Crippen LogP) is 7.98. The van der Waals surface area contributed by atoms with Crippen molar-refractivity contribution in [2.75, 3.05) is 6.61 Å². The van der Waals surface area contributed by atoms with Gasteiger partial charge in [-0.25, -0.2) is 0 Å². The van der Waals surface area contributed by atoms with Gasteiger partial charge in [0.25, 0.3) is 5.95 Å². The fourth-order valence-corrected chi connectivity index (χ4v) is 4.24. The summed E-state index contributed by atoms with van der Waals surface area (Å²) in [5, 5.41) is 0. The van der Waals surface area contributed by atoms with E-state index in [9.17, 15) is 0 Å². The van der Waals surface area contributed by atoms with Gasteiger partial charge in [0.2, 0.25) is 16.6 Å². The van der Waals surface area contributed by atoms with Crippen LogP contribution in [0, 0.1) is 0 Å². The number of allylic oxidation sites excluding steroid dienone is 2. The van der Waals surface area contributed by atoms with E-state index in [-0.39, 0.29) is 0 Å². The molecule has 0 N–H and O–H groups in total. The van der Waals surface area contributed by atoms with E-state index in [4.69, 9.17) is 13.6 Å². The van der Waals surface area contributed by atoms with Gasteiger partial charge in [0, 0.05) is 0 Å². The first-order chi connectivity index (χ1) is 12.6. The lowest BCUT2D eigenvalue weighted by Gasteiger charge is -2.24. The lowest BCUT2D eigenvalue weighted by atomic mass is 10.1. The molecule has 0 radical (unpaired) electrons. The van der Waals surface area contributed by atoms with E-state index in [0.29, 0.717) is 12.6 Å². The molecule has 160 valence electrons. The molecule has 0 saturated carbocycles. The summed E-state index contributed by atoms with van der Waals surface area (Å²) in [7, 11) is -3.39. The second-order valence-corrected chi connectivity index (χ2v) is 18.1. The first kappa shape index (κ1) is 26.3. The molecule has 0 fully saturated rings. The van der Waals surface area contributed by atoms with Crippen LogP contribution >= 0.6 is 0 Å². The van der Waals surface area contributed by atoms with Crippen LogP contribution in [0.3, 0.4) is 0 Å². The Morgan fingerprint density at radius 3 is 1.70 bits per heavy atom. The summed E-state index contributed by atoms with van der Waals surface area (Å²) in [4.78, 5) is 0. The Kier molecular flexibility index (Phi) is 14.0. The van der Waals surface area contributed by atoms with E-state index in [1.54, 1.807) is 0 Å². The minimum Gasteiger partial charge on any atom is -0.544 e. The minimum absolute atomic E-state index is 0.606. The normalized spacial score (nSPS) is 13.6. The topological polar surface area (TPSA) is 27.7 Å². The quantitative estimate of drug-likeness (QED) is 0.111. The van der Waals surface area contributed by atoms with Crippen molar-refractivity contribution < 1.29 is 13.6 Å². The molecule has 0 unspecified atom stereocenters. The molecule has 0 aliphatic rings.